The third-order valence-electron chi connectivity index (χ3n) is 12.7. The molecule has 0 fully saturated rings. The number of pyridine rings is 1. The normalized spacial score (nSPS) is 10.9. The molecule has 27 heteroatoms. The van der Waals surface area contributed by atoms with Gasteiger partial charge in [0.25, 0.3) is 0 Å². The fourth-order valence-electron chi connectivity index (χ4n) is 8.50. The quantitative estimate of drug-likeness (QED) is 0.0529. The zero-order chi connectivity index (χ0) is 70.9. The minimum absolute atomic E-state index is 0. The number of methoxy groups -OCH3 is 8. The van der Waals surface area contributed by atoms with Crippen molar-refractivity contribution in [2.45, 2.75) is 120 Å². The summed E-state index contributed by atoms with van der Waals surface area (Å²) in [6, 6.07) is 31.8. The zero-order valence-corrected chi connectivity index (χ0v) is 68.7. The number of aromatic carboxylic acids is 1. The van der Waals surface area contributed by atoms with Crippen LogP contribution in [0.25, 0.3) is 45.0 Å². The van der Waals surface area contributed by atoms with E-state index in [1.54, 1.807) is 146 Å². The van der Waals surface area contributed by atoms with Crippen molar-refractivity contribution in [3.05, 3.63) is 173 Å². The van der Waals surface area contributed by atoms with Crippen LogP contribution in [0.3, 0.4) is 0 Å². The first-order chi connectivity index (χ1) is 45.1. The first-order valence-electron chi connectivity index (χ1n) is 29.8. The van der Waals surface area contributed by atoms with Gasteiger partial charge in [-0.3, -0.25) is 19.9 Å². The van der Waals surface area contributed by atoms with Crippen molar-refractivity contribution in [3.63, 3.8) is 0 Å². The average Bonchev–Trinajstić information content (AvgIpc) is 0.847. The molecule has 0 aliphatic rings. The predicted molar refractivity (Wildman–Crippen MR) is 363 cm³/mol. The zero-order valence-electron chi connectivity index (χ0n) is 59.2. The van der Waals surface area contributed by atoms with Crippen molar-refractivity contribution in [1.29, 1.82) is 0 Å². The van der Waals surface area contributed by atoms with E-state index in [0.29, 0.717) is 58.8 Å². The van der Waals surface area contributed by atoms with Crippen molar-refractivity contribution < 1.29 is 150 Å². The molecule has 23 nitrogen and oxygen atoms in total. The molecule has 547 valence electrons. The Hall–Kier alpha value is -7.30. The number of aromatic nitrogens is 9. The van der Waals surface area contributed by atoms with Crippen LogP contribution in [-0.4, -0.2) is 158 Å². The van der Waals surface area contributed by atoms with Crippen molar-refractivity contribution in [2.24, 2.45) is 0 Å². The van der Waals surface area contributed by atoms with Crippen LogP contribution in [0.2, 0.25) is 0 Å². The first-order valence-corrected chi connectivity index (χ1v) is 29.8. The predicted octanol–water partition coefficient (Wildman–Crippen LogP) is 11.4. The van der Waals surface area contributed by atoms with E-state index in [0.717, 1.165) is 90.6 Å². The molecule has 4 aromatic carbocycles. The fraction of sp³-hybridized carbons (Fsp3) is 0.361. The van der Waals surface area contributed by atoms with Crippen LogP contribution in [0.1, 0.15) is 96.6 Å². The summed E-state index contributed by atoms with van der Waals surface area (Å²) in [5.41, 5.74) is 13.7. The van der Waals surface area contributed by atoms with Gasteiger partial charge in [0.05, 0.1) is 127 Å². The molecule has 5 heterocycles. The minimum atomic E-state index is -0.990. The molecular weight excluding hydrogens is 1990 g/mol. The van der Waals surface area contributed by atoms with E-state index in [1.807, 2.05) is 79.7 Å². The van der Waals surface area contributed by atoms with Gasteiger partial charge in [-0.2, -0.15) is 0 Å². The number of carbonyl (C=O) groups is 1. The number of hydrogen-bond donors (Lipinski definition) is 5. The maximum Gasteiger partial charge on any atom is 0.354 e. The second kappa shape index (κ2) is 49.3. The molecule has 0 amide bonds. The molecule has 5 aromatic heterocycles. The number of aliphatic hydroxyl groups is 4. The number of rotatable bonds is 17. The van der Waals surface area contributed by atoms with E-state index in [2.05, 4.69) is 69.1 Å². The summed E-state index contributed by atoms with van der Waals surface area (Å²) < 4.78 is 41.8. The van der Waals surface area contributed by atoms with Gasteiger partial charge in [0.2, 0.25) is 0 Å². The molecule has 9 rings (SSSR count). The molecule has 0 saturated carbocycles. The van der Waals surface area contributed by atoms with E-state index in [9.17, 15) is 4.79 Å². The van der Waals surface area contributed by atoms with E-state index in [-0.39, 0.29) is 111 Å². The number of nitrogens with zero attached hydrogens (tertiary/aromatic N) is 9. The Bertz CT molecular complexity index is 3550. The topological polar surface area (TPSA) is 308 Å². The van der Waals surface area contributed by atoms with Gasteiger partial charge in [-0.25, -0.2) is 9.78 Å². The maximum absolute atomic E-state index is 10.1. The van der Waals surface area contributed by atoms with Crippen molar-refractivity contribution in [3.8, 4) is 91.0 Å². The number of ether oxygens (including phenoxy) is 8. The summed E-state index contributed by atoms with van der Waals surface area (Å²) in [6.45, 7) is 22.0. The molecule has 0 bridgehead atoms. The Morgan fingerprint density at radius 1 is 0.414 bits per heavy atom. The SMILES string of the molecule is CC(O)CC(C)O.CC(O)CC(C)O.COc1[c-]c(-c2ncc(C)nc2C)cc(OC)c1.COc1[c-]c(-c2ncc(C)nc2C)cc(OC)c1.COc1c[c-]c(-c2ncc(C)nc2C)cc1OC.COc1c[c-]c(-c2ncc(C)nc2C)cc1OC.O=C(O)c1ccccn1.[Ir].[Ir].[Ir].[Pt]. The second-order valence-corrected chi connectivity index (χ2v) is 21.1. The summed E-state index contributed by atoms with van der Waals surface area (Å²) in [4.78, 5) is 48.9. The smallest absolute Gasteiger partial charge is 0.354 e. The van der Waals surface area contributed by atoms with E-state index in [4.69, 9.17) is 63.4 Å². The maximum atomic E-state index is 10.1. The van der Waals surface area contributed by atoms with Gasteiger partial charge in [0.15, 0.2) is 0 Å². The molecule has 4 unspecified atom stereocenters. The third-order valence-corrected chi connectivity index (χ3v) is 12.7. The summed E-state index contributed by atoms with van der Waals surface area (Å²) in [5.74, 6) is 4.29. The first kappa shape index (κ1) is 93.8. The molecule has 99 heavy (non-hydrogen) atoms. The summed E-state index contributed by atoms with van der Waals surface area (Å²) in [5, 5.41) is 42.6. The molecule has 9 aromatic rings. The van der Waals surface area contributed by atoms with Crippen LogP contribution in [-0.2, 0) is 81.4 Å². The van der Waals surface area contributed by atoms with Crippen LogP contribution >= 0.6 is 0 Å². The molecule has 4 atom stereocenters. The molecule has 0 saturated heterocycles. The molecule has 0 aliphatic carbocycles. The molecule has 5 N–H and O–H groups in total. The Labute approximate surface area is 637 Å². The van der Waals surface area contributed by atoms with Crippen LogP contribution in [0, 0.1) is 79.7 Å². The number of benzene rings is 4. The van der Waals surface area contributed by atoms with Gasteiger partial charge >= 0.3 is 5.97 Å². The van der Waals surface area contributed by atoms with Crippen molar-refractivity contribution in [1.82, 2.24) is 44.9 Å². The van der Waals surface area contributed by atoms with Gasteiger partial charge in [-0.1, -0.05) is 42.5 Å². The van der Waals surface area contributed by atoms with Crippen LogP contribution in [0.5, 0.6) is 46.0 Å². The summed E-state index contributed by atoms with van der Waals surface area (Å²) in [7, 11) is 12.8. The third kappa shape index (κ3) is 33.2. The Morgan fingerprint density at radius 2 is 0.717 bits per heavy atom. The van der Waals surface area contributed by atoms with Gasteiger partial charge in [0.1, 0.15) is 5.69 Å². The van der Waals surface area contributed by atoms with Crippen LogP contribution in [0.15, 0.2) is 97.7 Å². The van der Waals surface area contributed by atoms with Crippen LogP contribution < -0.4 is 37.9 Å². The summed E-state index contributed by atoms with van der Waals surface area (Å²) in [6.07, 6.45) is 7.85. The molecule has 0 spiro atoms. The monoisotopic (exact) mass is 2080 g/mol. The molecule has 3 radical (unpaired) electrons. The number of aryl methyl sites for hydroxylation is 8. The van der Waals surface area contributed by atoms with E-state index in [1.165, 1.54) is 12.3 Å². The van der Waals surface area contributed by atoms with Gasteiger partial charge in [-0.15, -0.1) is 58.7 Å². The van der Waals surface area contributed by atoms with Crippen molar-refractivity contribution in [2.75, 3.05) is 56.9 Å². The van der Waals surface area contributed by atoms with Gasteiger partial charge in [-0.05, 0) is 108 Å². The molecular formula is C72H89Ir3N9O14Pt-4. The Balaban J connectivity index is 0. The minimum Gasteiger partial charge on any atom is -0.536 e. The van der Waals surface area contributed by atoms with Crippen molar-refractivity contribution >= 4 is 5.97 Å². The second-order valence-electron chi connectivity index (χ2n) is 21.1. The fourth-order valence-corrected chi connectivity index (χ4v) is 8.50. The largest absolute Gasteiger partial charge is 0.536 e. The van der Waals surface area contributed by atoms with Crippen LogP contribution in [0.4, 0.5) is 0 Å². The van der Waals surface area contributed by atoms with E-state index >= 15 is 0 Å². The number of carboxylic acids is 1. The average molecular weight is 2080 g/mol. The standard InChI is InChI=1S/4C14H15N2O2.C6H5NO2.2C5H12O2.3Ir.Pt/c2*1-9-8-15-14(10(2)16-9)11-5-12(17-3)7-13(6-11)18-4;2*1-9-8-15-14(10(2)16-9)11-5-6-12(17-3)13(7-11)18-4;8-6(9)5-3-1-2-4-7-5;2*1-4(6)3-5(2)7;;;;/h2*5,7-8H,1-4H3;2*6-8H,1-4H3;1-4H,(H,8,9);2*4-7H,3H2,1-2H3;;;;/q4*-1;;;;;;;. The number of carboxylic acid groups (broad SMARTS) is 1. The van der Waals surface area contributed by atoms with Gasteiger partial charge < -0.3 is 83.4 Å². The van der Waals surface area contributed by atoms with Gasteiger partial charge in [0, 0.05) is 181 Å². The summed E-state index contributed by atoms with van der Waals surface area (Å²) >= 11 is 0. The number of aliphatic hydroxyl groups excluding tert-OH is 4. The number of hydrogen-bond acceptors (Lipinski definition) is 22. The van der Waals surface area contributed by atoms with E-state index < -0.39 is 5.97 Å². The Kier molecular flexibility index (Phi) is 46.7. The molecule has 0 aliphatic heterocycles. The Morgan fingerprint density at radius 3 is 0.929 bits per heavy atom.